The van der Waals surface area contributed by atoms with Crippen LogP contribution in [0.2, 0.25) is 0 Å². The number of rotatable bonds is 9. The van der Waals surface area contributed by atoms with Crippen LogP contribution in [0.15, 0.2) is 91.1 Å². The van der Waals surface area contributed by atoms with Gasteiger partial charge in [0.15, 0.2) is 0 Å². The first-order chi connectivity index (χ1) is 18.5. The van der Waals surface area contributed by atoms with Crippen molar-refractivity contribution in [1.29, 1.82) is 0 Å². The minimum absolute atomic E-state index is 0.138. The van der Waals surface area contributed by atoms with E-state index in [1.807, 2.05) is 0 Å². The molecule has 0 saturated carbocycles. The lowest BCUT2D eigenvalue weighted by atomic mass is 9.77. The van der Waals surface area contributed by atoms with Gasteiger partial charge in [-0.3, -0.25) is 4.79 Å². The molecule has 0 radical (unpaired) electrons. The normalized spacial score (nSPS) is 13.1. The van der Waals surface area contributed by atoms with Crippen LogP contribution in [0.1, 0.15) is 27.2 Å². The zero-order valence-electron chi connectivity index (χ0n) is 19.9. The van der Waals surface area contributed by atoms with Gasteiger partial charge in [-0.05, 0) is 53.1 Å². The highest BCUT2D eigenvalue weighted by atomic mass is 19.3. The summed E-state index contributed by atoms with van der Waals surface area (Å²) in [4.78, 5) is 17.1. The van der Waals surface area contributed by atoms with E-state index in [9.17, 15) is 35.5 Å². The smallest absolute Gasteiger partial charge is 0.428 e. The van der Waals surface area contributed by atoms with E-state index >= 15 is 0 Å². The predicted molar refractivity (Wildman–Crippen MR) is 127 cm³/mol. The molecule has 3 aromatic carbocycles. The van der Waals surface area contributed by atoms with Gasteiger partial charge in [0.05, 0.1) is 11.7 Å². The molecule has 1 N–H and O–H groups in total. The van der Waals surface area contributed by atoms with Gasteiger partial charge in [-0.15, -0.1) is 0 Å². The monoisotopic (exact) mass is 548 g/mol. The largest absolute Gasteiger partial charge is 0.461 e. The summed E-state index contributed by atoms with van der Waals surface area (Å²) >= 11 is 0. The van der Waals surface area contributed by atoms with Crippen molar-refractivity contribution in [3.05, 3.63) is 131 Å². The van der Waals surface area contributed by atoms with E-state index in [4.69, 9.17) is 0 Å². The van der Waals surface area contributed by atoms with Gasteiger partial charge in [-0.25, -0.2) is 18.2 Å². The quantitative estimate of drug-likeness (QED) is 0.238. The van der Waals surface area contributed by atoms with Crippen molar-refractivity contribution in [3.8, 4) is 5.75 Å². The topological polar surface area (TPSA) is 51.2 Å². The van der Waals surface area contributed by atoms with Gasteiger partial charge in [0.1, 0.15) is 28.9 Å². The van der Waals surface area contributed by atoms with Crippen molar-refractivity contribution in [3.63, 3.8) is 0 Å². The van der Waals surface area contributed by atoms with Gasteiger partial charge in [-0.2, -0.15) is 17.6 Å². The van der Waals surface area contributed by atoms with Crippen LogP contribution >= 0.6 is 0 Å². The molecule has 1 unspecified atom stereocenters. The number of pyridine rings is 1. The summed E-state index contributed by atoms with van der Waals surface area (Å²) in [5, 5.41) is 2.70. The van der Waals surface area contributed by atoms with Crippen LogP contribution < -0.4 is 10.1 Å². The highest BCUT2D eigenvalue weighted by Gasteiger charge is 2.45. The van der Waals surface area contributed by atoms with Crippen molar-refractivity contribution in [2.45, 2.75) is 24.5 Å². The number of nitrogens with zero attached hydrogens (tertiary/aromatic N) is 1. The van der Waals surface area contributed by atoms with Crippen LogP contribution in [0.4, 0.5) is 30.7 Å². The van der Waals surface area contributed by atoms with Crippen molar-refractivity contribution in [1.82, 2.24) is 10.3 Å². The highest BCUT2D eigenvalue weighted by molar-refractivity contribution is 5.93. The van der Waals surface area contributed by atoms with E-state index in [0.29, 0.717) is 11.6 Å². The molecule has 1 atom stereocenters. The number of alkyl halides is 4. The van der Waals surface area contributed by atoms with E-state index in [1.165, 1.54) is 12.1 Å². The van der Waals surface area contributed by atoms with Gasteiger partial charge in [0, 0.05) is 12.5 Å². The molecule has 0 aliphatic heterocycles. The fourth-order valence-corrected chi connectivity index (χ4v) is 4.03. The summed E-state index contributed by atoms with van der Waals surface area (Å²) in [7, 11) is 0. The molecular formula is C28H19F7N2O2. The summed E-state index contributed by atoms with van der Waals surface area (Å²) < 4.78 is 99.4. The van der Waals surface area contributed by atoms with Crippen LogP contribution in [0, 0.1) is 17.5 Å². The van der Waals surface area contributed by atoms with Gasteiger partial charge < -0.3 is 10.1 Å². The molecule has 0 bridgehead atoms. The Morgan fingerprint density at radius 2 is 1.49 bits per heavy atom. The van der Waals surface area contributed by atoms with Crippen molar-refractivity contribution < 1.29 is 40.3 Å². The number of carbonyl (C=O) groups excluding carboxylic acids is 1. The molecule has 1 aromatic heterocycles. The first-order valence-electron chi connectivity index (χ1n) is 11.4. The Kier molecular flexibility index (Phi) is 7.89. The maximum atomic E-state index is 14.8. The summed E-state index contributed by atoms with van der Waals surface area (Å²) in [6.45, 7) is 0. The Morgan fingerprint density at radius 1 is 0.821 bits per heavy atom. The van der Waals surface area contributed by atoms with Crippen molar-refractivity contribution in [2.75, 3.05) is 0 Å². The number of ether oxygens (including phenoxy) is 1. The lowest BCUT2D eigenvalue weighted by Crippen LogP contribution is -2.49. The van der Waals surface area contributed by atoms with Crippen LogP contribution in [0.25, 0.3) is 0 Å². The maximum Gasteiger partial charge on any atom is 0.461 e. The Balaban J connectivity index is 1.93. The Bertz CT molecular complexity index is 1430. The molecule has 4 nitrogen and oxygen atoms in total. The molecule has 1 amide bonds. The molecule has 11 heteroatoms. The summed E-state index contributed by atoms with van der Waals surface area (Å²) in [5.41, 5.74) is -1.48. The standard InChI is InChI=1S/C28H19F7N2O2/c29-20-8-6-18(7-9-20)27(15-17-4-2-1-3-5-17,37-25(38)24-11-10-21(30)16-36-24)19-12-22(31)14-23(13-19)39-28(34,35)26(32)33/h1-14,16,26H,15H2,(H,37,38). The van der Waals surface area contributed by atoms with Crippen LogP contribution in [-0.2, 0) is 12.0 Å². The molecule has 0 saturated heterocycles. The lowest BCUT2D eigenvalue weighted by Gasteiger charge is -2.37. The zero-order valence-corrected chi connectivity index (χ0v) is 19.9. The average Bonchev–Trinajstić information content (AvgIpc) is 2.89. The van der Waals surface area contributed by atoms with Crippen molar-refractivity contribution >= 4 is 5.91 Å². The van der Waals surface area contributed by atoms with E-state index in [-0.39, 0.29) is 23.2 Å². The number of carbonyl (C=O) groups is 1. The van der Waals surface area contributed by atoms with E-state index < -0.39 is 47.2 Å². The Morgan fingerprint density at radius 3 is 2.10 bits per heavy atom. The predicted octanol–water partition coefficient (Wildman–Crippen LogP) is 6.65. The number of hydrogen-bond donors (Lipinski definition) is 1. The van der Waals surface area contributed by atoms with E-state index in [2.05, 4.69) is 15.0 Å². The molecule has 4 aromatic rings. The molecule has 0 fully saturated rings. The Labute approximate surface area is 218 Å². The summed E-state index contributed by atoms with van der Waals surface area (Å²) in [5.74, 6) is -4.31. The van der Waals surface area contributed by atoms with Gasteiger partial charge >= 0.3 is 12.5 Å². The van der Waals surface area contributed by atoms with Gasteiger partial charge in [0.2, 0.25) is 0 Å². The van der Waals surface area contributed by atoms with E-state index in [1.54, 1.807) is 30.3 Å². The average molecular weight is 548 g/mol. The lowest BCUT2D eigenvalue weighted by molar-refractivity contribution is -0.253. The highest BCUT2D eigenvalue weighted by Crippen LogP contribution is 2.38. The van der Waals surface area contributed by atoms with Crippen LogP contribution in [0.3, 0.4) is 0 Å². The van der Waals surface area contributed by atoms with E-state index in [0.717, 1.165) is 42.6 Å². The fourth-order valence-electron chi connectivity index (χ4n) is 4.03. The fraction of sp³-hybridized carbons (Fsp3) is 0.143. The van der Waals surface area contributed by atoms with Gasteiger partial charge in [0.25, 0.3) is 5.91 Å². The minimum Gasteiger partial charge on any atom is -0.428 e. The van der Waals surface area contributed by atoms with Crippen LogP contribution in [-0.4, -0.2) is 23.4 Å². The maximum absolute atomic E-state index is 14.8. The second kappa shape index (κ2) is 11.1. The number of halogens is 7. The molecule has 39 heavy (non-hydrogen) atoms. The molecule has 0 aliphatic rings. The second-order valence-electron chi connectivity index (χ2n) is 8.53. The molecular weight excluding hydrogens is 529 g/mol. The SMILES string of the molecule is O=C(NC(Cc1ccccc1)(c1ccc(F)cc1)c1cc(F)cc(OC(F)(F)C(F)F)c1)c1ccc(F)cn1. The Hall–Kier alpha value is -4.41. The molecule has 1 heterocycles. The second-order valence-corrected chi connectivity index (χ2v) is 8.53. The summed E-state index contributed by atoms with van der Waals surface area (Å²) in [6.07, 6.45) is -8.49. The number of benzene rings is 3. The van der Waals surface area contributed by atoms with Crippen LogP contribution in [0.5, 0.6) is 5.75 Å². The third kappa shape index (κ3) is 6.36. The van der Waals surface area contributed by atoms with Gasteiger partial charge in [-0.1, -0.05) is 42.5 Å². The molecule has 4 rings (SSSR count). The molecule has 0 spiro atoms. The number of hydrogen-bond acceptors (Lipinski definition) is 3. The third-order valence-corrected chi connectivity index (χ3v) is 5.81. The number of nitrogens with one attached hydrogen (secondary N) is 1. The summed E-state index contributed by atoms with van der Waals surface area (Å²) in [6, 6.07) is 17.5. The first kappa shape index (κ1) is 27.6. The number of aromatic nitrogens is 1. The molecule has 202 valence electrons. The van der Waals surface area contributed by atoms with Crippen molar-refractivity contribution in [2.24, 2.45) is 0 Å². The zero-order chi connectivity index (χ0) is 28.2. The number of amides is 1. The molecule has 0 aliphatic carbocycles. The third-order valence-electron chi connectivity index (χ3n) is 5.81. The first-order valence-corrected chi connectivity index (χ1v) is 11.4. The minimum atomic E-state index is -4.94.